The maximum atomic E-state index is 13.3. The van der Waals surface area contributed by atoms with Crippen LogP contribution in [0.1, 0.15) is 44.9 Å². The summed E-state index contributed by atoms with van der Waals surface area (Å²) in [6, 6.07) is 0.349. The van der Waals surface area contributed by atoms with Gasteiger partial charge in [-0.05, 0) is 32.1 Å². The van der Waals surface area contributed by atoms with Crippen molar-refractivity contribution in [1.82, 2.24) is 19.4 Å². The summed E-state index contributed by atoms with van der Waals surface area (Å²) in [7, 11) is -3.33. The number of piperidine rings is 1. The lowest BCUT2D eigenvalue weighted by molar-refractivity contribution is -0.136. The van der Waals surface area contributed by atoms with Crippen LogP contribution in [0, 0.1) is 5.92 Å². The molecule has 0 aromatic rings. The van der Waals surface area contributed by atoms with Crippen LogP contribution in [0.4, 0.5) is 0 Å². The van der Waals surface area contributed by atoms with Crippen LogP contribution in [-0.2, 0) is 14.8 Å². The molecule has 4 rings (SSSR count). The van der Waals surface area contributed by atoms with Gasteiger partial charge in [-0.1, -0.05) is 12.8 Å². The topological polar surface area (TPSA) is 73.0 Å². The Morgan fingerprint density at radius 1 is 0.857 bits per heavy atom. The van der Waals surface area contributed by atoms with Gasteiger partial charge in [0.1, 0.15) is 0 Å². The Bertz CT molecular complexity index is 635. The van der Waals surface area contributed by atoms with Gasteiger partial charge in [-0.15, -0.1) is 12.4 Å². The molecule has 3 heterocycles. The minimum Gasteiger partial charge on any atom is -0.341 e. The molecule has 4 aliphatic rings. The number of carbonyl (C=O) groups excluding carboxylic acids is 1. The molecule has 4 fully saturated rings. The molecule has 0 aromatic heterocycles. The van der Waals surface area contributed by atoms with Crippen LogP contribution in [-0.4, -0.2) is 92.1 Å². The first-order chi connectivity index (χ1) is 13.1. The number of rotatable bonds is 4. The van der Waals surface area contributed by atoms with Crippen LogP contribution in [0.5, 0.6) is 0 Å². The Hall–Kier alpha value is -0.410. The highest BCUT2D eigenvalue weighted by Crippen LogP contribution is 2.30. The van der Waals surface area contributed by atoms with Crippen molar-refractivity contribution in [3.05, 3.63) is 0 Å². The number of piperazine rings is 1. The summed E-state index contributed by atoms with van der Waals surface area (Å²) in [4.78, 5) is 17.0. The lowest BCUT2D eigenvalue weighted by Gasteiger charge is -2.36. The standard InChI is InChI=1S/C19H34N4O3S.ClH/c24-19(16-4-1-2-5-16)22-10-3-6-18(15-22)27(25,26)23-11-7-17(14-23)21-12-8-20-9-13-21;/h16-18,20H,1-15H2;1H. The summed E-state index contributed by atoms with van der Waals surface area (Å²) in [5.41, 5.74) is 0. The molecule has 1 amide bonds. The van der Waals surface area contributed by atoms with Gasteiger partial charge >= 0.3 is 0 Å². The molecule has 0 bridgehead atoms. The maximum absolute atomic E-state index is 13.3. The van der Waals surface area contributed by atoms with Crippen LogP contribution < -0.4 is 5.32 Å². The van der Waals surface area contributed by atoms with Crippen molar-refractivity contribution in [3.63, 3.8) is 0 Å². The lowest BCUT2D eigenvalue weighted by Crippen LogP contribution is -2.52. The van der Waals surface area contributed by atoms with E-state index in [9.17, 15) is 13.2 Å². The second-order valence-electron chi connectivity index (χ2n) is 8.66. The van der Waals surface area contributed by atoms with E-state index in [2.05, 4.69) is 10.2 Å². The number of likely N-dealkylation sites (tertiary alicyclic amines) is 1. The second-order valence-corrected chi connectivity index (χ2v) is 10.9. The predicted octanol–water partition coefficient (Wildman–Crippen LogP) is 0.899. The van der Waals surface area contributed by atoms with Gasteiger partial charge in [0, 0.05) is 64.3 Å². The first-order valence-corrected chi connectivity index (χ1v) is 12.3. The zero-order valence-electron chi connectivity index (χ0n) is 16.7. The highest BCUT2D eigenvalue weighted by molar-refractivity contribution is 7.89. The molecule has 0 spiro atoms. The summed E-state index contributed by atoms with van der Waals surface area (Å²) in [6.07, 6.45) is 6.64. The minimum absolute atomic E-state index is 0. The van der Waals surface area contributed by atoms with Crippen LogP contribution in [0.2, 0.25) is 0 Å². The molecule has 1 saturated carbocycles. The van der Waals surface area contributed by atoms with E-state index in [0.29, 0.717) is 32.1 Å². The van der Waals surface area contributed by atoms with Crippen molar-refractivity contribution in [2.75, 3.05) is 52.4 Å². The third kappa shape index (κ3) is 4.67. The number of sulfonamides is 1. The number of halogens is 1. The number of hydrogen-bond acceptors (Lipinski definition) is 5. The van der Waals surface area contributed by atoms with Gasteiger partial charge in [0.05, 0.1) is 5.25 Å². The number of nitrogens with zero attached hydrogens (tertiary/aromatic N) is 3. The van der Waals surface area contributed by atoms with Gasteiger partial charge in [-0.2, -0.15) is 0 Å². The monoisotopic (exact) mass is 434 g/mol. The molecule has 2 unspecified atom stereocenters. The highest BCUT2D eigenvalue weighted by atomic mass is 35.5. The Kier molecular flexibility index (Phi) is 7.64. The van der Waals surface area contributed by atoms with Crippen molar-refractivity contribution in [2.45, 2.75) is 56.2 Å². The number of hydrogen-bond donors (Lipinski definition) is 1. The van der Waals surface area contributed by atoms with E-state index in [1.54, 1.807) is 4.31 Å². The number of carbonyl (C=O) groups is 1. The van der Waals surface area contributed by atoms with E-state index in [1.807, 2.05) is 4.90 Å². The van der Waals surface area contributed by atoms with E-state index < -0.39 is 15.3 Å². The third-order valence-electron chi connectivity index (χ3n) is 6.97. The Balaban J connectivity index is 0.00000225. The van der Waals surface area contributed by atoms with E-state index in [1.165, 1.54) is 0 Å². The first kappa shape index (κ1) is 22.3. The molecule has 7 nitrogen and oxygen atoms in total. The van der Waals surface area contributed by atoms with Gasteiger partial charge in [-0.25, -0.2) is 12.7 Å². The number of amides is 1. The van der Waals surface area contributed by atoms with Gasteiger partial charge in [-0.3, -0.25) is 9.69 Å². The van der Waals surface area contributed by atoms with Crippen molar-refractivity contribution >= 4 is 28.3 Å². The minimum atomic E-state index is -3.33. The molecule has 3 saturated heterocycles. The molecular formula is C19H35ClN4O3S. The SMILES string of the molecule is Cl.O=C(C1CCCC1)N1CCCC(S(=O)(=O)N2CCC(N3CCNCC3)C2)C1. The molecular weight excluding hydrogens is 400 g/mol. The number of nitrogens with one attached hydrogen (secondary N) is 1. The molecule has 3 aliphatic heterocycles. The Morgan fingerprint density at radius 2 is 1.57 bits per heavy atom. The van der Waals surface area contributed by atoms with E-state index >= 15 is 0 Å². The normalized spacial score (nSPS) is 31.1. The Morgan fingerprint density at radius 3 is 2.29 bits per heavy atom. The lowest BCUT2D eigenvalue weighted by atomic mass is 10.0. The molecule has 0 radical (unpaired) electrons. The summed E-state index contributed by atoms with van der Waals surface area (Å²) in [5, 5.41) is 2.94. The fourth-order valence-corrected chi connectivity index (χ4v) is 7.30. The Labute approximate surface area is 175 Å². The zero-order chi connectivity index (χ0) is 18.9. The van der Waals surface area contributed by atoms with E-state index in [0.717, 1.165) is 71.2 Å². The third-order valence-corrected chi connectivity index (χ3v) is 9.25. The van der Waals surface area contributed by atoms with E-state index in [-0.39, 0.29) is 24.2 Å². The zero-order valence-corrected chi connectivity index (χ0v) is 18.4. The quantitative estimate of drug-likeness (QED) is 0.711. The first-order valence-electron chi connectivity index (χ1n) is 10.8. The molecule has 1 aliphatic carbocycles. The molecule has 28 heavy (non-hydrogen) atoms. The fraction of sp³-hybridized carbons (Fsp3) is 0.947. The van der Waals surface area contributed by atoms with Crippen molar-refractivity contribution in [1.29, 1.82) is 0 Å². The van der Waals surface area contributed by atoms with Gasteiger partial charge in [0.2, 0.25) is 15.9 Å². The van der Waals surface area contributed by atoms with Crippen LogP contribution in [0.3, 0.4) is 0 Å². The van der Waals surface area contributed by atoms with Crippen LogP contribution >= 0.6 is 12.4 Å². The van der Waals surface area contributed by atoms with Crippen molar-refractivity contribution in [2.24, 2.45) is 5.92 Å². The van der Waals surface area contributed by atoms with Crippen molar-refractivity contribution in [3.8, 4) is 0 Å². The summed E-state index contributed by atoms with van der Waals surface area (Å²) in [5.74, 6) is 0.336. The average Bonchev–Trinajstić information content (AvgIpc) is 3.40. The molecule has 9 heteroatoms. The maximum Gasteiger partial charge on any atom is 0.225 e. The second kappa shape index (κ2) is 9.60. The molecule has 2 atom stereocenters. The van der Waals surface area contributed by atoms with Gasteiger partial charge < -0.3 is 10.2 Å². The largest absolute Gasteiger partial charge is 0.341 e. The summed E-state index contributed by atoms with van der Waals surface area (Å²) in [6.45, 7) is 6.36. The van der Waals surface area contributed by atoms with Crippen LogP contribution in [0.15, 0.2) is 0 Å². The highest BCUT2D eigenvalue weighted by Gasteiger charge is 2.41. The molecule has 1 N–H and O–H groups in total. The predicted molar refractivity (Wildman–Crippen MR) is 112 cm³/mol. The molecule has 0 aromatic carbocycles. The van der Waals surface area contributed by atoms with Crippen molar-refractivity contribution < 1.29 is 13.2 Å². The fourth-order valence-electron chi connectivity index (χ4n) is 5.31. The summed E-state index contributed by atoms with van der Waals surface area (Å²) >= 11 is 0. The average molecular weight is 435 g/mol. The van der Waals surface area contributed by atoms with Gasteiger partial charge in [0.15, 0.2) is 0 Å². The smallest absolute Gasteiger partial charge is 0.225 e. The van der Waals surface area contributed by atoms with Gasteiger partial charge in [0.25, 0.3) is 0 Å². The van der Waals surface area contributed by atoms with E-state index in [4.69, 9.17) is 0 Å². The summed E-state index contributed by atoms with van der Waals surface area (Å²) < 4.78 is 28.2. The molecule has 162 valence electrons. The van der Waals surface area contributed by atoms with Crippen LogP contribution in [0.25, 0.3) is 0 Å².